The summed E-state index contributed by atoms with van der Waals surface area (Å²) in [5, 5.41) is 5.02. The summed E-state index contributed by atoms with van der Waals surface area (Å²) in [5.74, 6) is -1.72. The number of sulfonamides is 1. The molecular weight excluding hydrogens is 642 g/mol. The minimum atomic E-state index is -3.76. The minimum Gasteiger partial charge on any atom is -0.488 e. The van der Waals surface area contributed by atoms with Gasteiger partial charge >= 0.3 is 6.09 Å². The molecule has 4 aliphatic heterocycles. The minimum absolute atomic E-state index is 0.0584. The number of alkyl carbamates (subject to hydrolysis) is 1. The van der Waals surface area contributed by atoms with Gasteiger partial charge in [-0.3, -0.25) is 34.3 Å². The van der Waals surface area contributed by atoms with Crippen LogP contribution in [-0.4, -0.2) is 102 Å². The summed E-state index contributed by atoms with van der Waals surface area (Å²) in [6.45, 7) is 7.53. The van der Waals surface area contributed by atoms with Gasteiger partial charge < -0.3 is 14.8 Å². The largest absolute Gasteiger partial charge is 0.488 e. The first kappa shape index (κ1) is 33.6. The second-order valence-corrected chi connectivity index (χ2v) is 15.5. The maximum Gasteiger partial charge on any atom is 0.407 e. The quantitative estimate of drug-likeness (QED) is 0.393. The van der Waals surface area contributed by atoms with Gasteiger partial charge in [-0.2, -0.15) is 4.31 Å². The highest BCUT2D eigenvalue weighted by Gasteiger charge is 2.45. The van der Waals surface area contributed by atoms with Crippen LogP contribution in [0.3, 0.4) is 0 Å². The highest BCUT2D eigenvalue weighted by molar-refractivity contribution is 7.89. The Morgan fingerprint density at radius 1 is 0.958 bits per heavy atom. The second-order valence-electron chi connectivity index (χ2n) is 13.6. The van der Waals surface area contributed by atoms with Gasteiger partial charge in [0.15, 0.2) is 0 Å². The van der Waals surface area contributed by atoms with E-state index < -0.39 is 51.4 Å². The van der Waals surface area contributed by atoms with E-state index in [0.29, 0.717) is 38.2 Å². The molecule has 2 aromatic rings. The highest BCUT2D eigenvalue weighted by Crippen LogP contribution is 2.30. The van der Waals surface area contributed by atoms with E-state index >= 15 is 0 Å². The van der Waals surface area contributed by atoms with Crippen LogP contribution in [0.4, 0.5) is 4.79 Å². The van der Waals surface area contributed by atoms with Crippen molar-refractivity contribution in [1.82, 2.24) is 24.7 Å². The lowest BCUT2D eigenvalue weighted by atomic mass is 10.0. The van der Waals surface area contributed by atoms with Crippen molar-refractivity contribution in [1.29, 1.82) is 0 Å². The zero-order chi connectivity index (χ0) is 34.4. The molecule has 0 saturated carbocycles. The molecule has 1 atom stereocenters. The fraction of sp³-hybridized carbons (Fsp3) is 0.485. The number of hydrogen-bond acceptors (Lipinski definition) is 10. The maximum atomic E-state index is 13.4. The van der Waals surface area contributed by atoms with Gasteiger partial charge in [-0.05, 0) is 69.9 Å². The Labute approximate surface area is 278 Å². The van der Waals surface area contributed by atoms with Crippen molar-refractivity contribution in [3.63, 3.8) is 0 Å². The van der Waals surface area contributed by atoms with Gasteiger partial charge in [0.25, 0.3) is 11.8 Å². The number of hydrogen-bond donors (Lipinski definition) is 2. The van der Waals surface area contributed by atoms with Gasteiger partial charge in [0.05, 0.1) is 16.0 Å². The van der Waals surface area contributed by atoms with Crippen molar-refractivity contribution >= 4 is 39.7 Å². The van der Waals surface area contributed by atoms with Gasteiger partial charge in [-0.25, -0.2) is 13.2 Å². The van der Waals surface area contributed by atoms with E-state index in [1.54, 1.807) is 57.2 Å². The number of fused-ring (bicyclic) bond motifs is 1. The molecule has 48 heavy (non-hydrogen) atoms. The first-order valence-electron chi connectivity index (χ1n) is 16.0. The Kier molecular flexibility index (Phi) is 9.04. The molecule has 3 fully saturated rings. The molecule has 5 amide bonds. The molecule has 0 aromatic heterocycles. The van der Waals surface area contributed by atoms with E-state index in [9.17, 15) is 32.4 Å². The number of benzene rings is 2. The number of nitrogens with one attached hydrogen (secondary N) is 2. The molecule has 256 valence electrons. The number of rotatable bonds is 8. The number of amides is 5. The molecule has 2 N–H and O–H groups in total. The third kappa shape index (κ3) is 7.08. The van der Waals surface area contributed by atoms with Crippen LogP contribution in [-0.2, 0) is 30.9 Å². The molecule has 0 aliphatic carbocycles. The summed E-state index contributed by atoms with van der Waals surface area (Å²) in [7, 11) is -3.76. The van der Waals surface area contributed by atoms with E-state index in [1.807, 2.05) is 0 Å². The molecule has 0 radical (unpaired) electrons. The zero-order valence-electron chi connectivity index (χ0n) is 27.1. The van der Waals surface area contributed by atoms with Crippen molar-refractivity contribution < 1.29 is 41.9 Å². The van der Waals surface area contributed by atoms with Crippen molar-refractivity contribution in [2.24, 2.45) is 0 Å². The summed E-state index contributed by atoms with van der Waals surface area (Å²) in [5.41, 5.74) is 0.667. The average Bonchev–Trinajstić information content (AvgIpc) is 3.24. The van der Waals surface area contributed by atoms with E-state index in [4.69, 9.17) is 9.47 Å². The maximum absolute atomic E-state index is 13.4. The molecule has 1 unspecified atom stereocenters. The van der Waals surface area contributed by atoms with E-state index in [0.717, 1.165) is 10.5 Å². The topological polar surface area (TPSA) is 172 Å². The monoisotopic (exact) mass is 681 g/mol. The molecular formula is C33H39N5O9S. The lowest BCUT2D eigenvalue weighted by Gasteiger charge is -2.39. The Hall–Kier alpha value is -4.34. The molecule has 2 aromatic carbocycles. The van der Waals surface area contributed by atoms with Crippen LogP contribution in [0.1, 0.15) is 72.7 Å². The molecule has 0 bridgehead atoms. The molecule has 15 heteroatoms. The number of piperidine rings is 2. The number of ether oxygens (including phenoxy) is 2. The molecule has 14 nitrogen and oxygen atoms in total. The van der Waals surface area contributed by atoms with Crippen molar-refractivity contribution in [3.8, 4) is 5.75 Å². The van der Waals surface area contributed by atoms with E-state index in [2.05, 4.69) is 15.5 Å². The zero-order valence-corrected chi connectivity index (χ0v) is 27.9. The van der Waals surface area contributed by atoms with Crippen LogP contribution in [0.15, 0.2) is 47.4 Å². The van der Waals surface area contributed by atoms with Gasteiger partial charge in [0.2, 0.25) is 21.8 Å². The average molecular weight is 682 g/mol. The normalized spacial score (nSPS) is 21.5. The summed E-state index contributed by atoms with van der Waals surface area (Å²) in [6.07, 6.45) is 0.418. The van der Waals surface area contributed by atoms with Crippen molar-refractivity contribution in [3.05, 3.63) is 59.2 Å². The fourth-order valence-electron chi connectivity index (χ4n) is 6.37. The predicted molar refractivity (Wildman–Crippen MR) is 170 cm³/mol. The Morgan fingerprint density at radius 3 is 2.35 bits per heavy atom. The smallest absolute Gasteiger partial charge is 0.407 e. The van der Waals surface area contributed by atoms with Crippen LogP contribution >= 0.6 is 0 Å². The second kappa shape index (κ2) is 12.9. The van der Waals surface area contributed by atoms with Gasteiger partial charge in [0.1, 0.15) is 23.5 Å². The molecule has 4 aliphatic rings. The Balaban J connectivity index is 0.999. The van der Waals surface area contributed by atoms with E-state index in [-0.39, 0.29) is 54.1 Å². The molecule has 0 spiro atoms. The summed E-state index contributed by atoms with van der Waals surface area (Å²) in [6, 6.07) is 10.3. The number of carbonyl (C=O) groups is 5. The first-order valence-corrected chi connectivity index (χ1v) is 17.5. The van der Waals surface area contributed by atoms with Crippen LogP contribution in [0.25, 0.3) is 0 Å². The molecule has 3 saturated heterocycles. The standard InChI is InChI=1S/C33H39N5O9S/c1-33(2,3)47-32(43)34-21-11-13-37(14-12-21)48(44,45)24-6-4-5-22(16-24)46-23-18-36(19-23)17-20-7-8-25-26(15-20)31(42)38(30(25)41)27-9-10-28(39)35-29(27)40/h4-8,15-16,21,23,27H,9-14,17-19H2,1-3H3,(H,34,43)(H,35,39,40). The third-order valence-corrected chi connectivity index (χ3v) is 10.6. The predicted octanol–water partition coefficient (Wildman–Crippen LogP) is 2.03. The van der Waals surface area contributed by atoms with Gasteiger partial charge in [0, 0.05) is 51.3 Å². The Morgan fingerprint density at radius 2 is 1.67 bits per heavy atom. The first-order chi connectivity index (χ1) is 22.7. The van der Waals surface area contributed by atoms with Crippen LogP contribution < -0.4 is 15.4 Å². The van der Waals surface area contributed by atoms with Crippen molar-refractivity contribution in [2.75, 3.05) is 26.2 Å². The Bertz CT molecular complexity index is 1760. The number of nitrogens with zero attached hydrogens (tertiary/aromatic N) is 3. The van der Waals surface area contributed by atoms with Crippen LogP contribution in [0.2, 0.25) is 0 Å². The lowest BCUT2D eigenvalue weighted by molar-refractivity contribution is -0.136. The number of carbonyl (C=O) groups excluding carboxylic acids is 5. The third-order valence-electron chi connectivity index (χ3n) is 8.75. The van der Waals surface area contributed by atoms with Crippen LogP contribution in [0.5, 0.6) is 5.75 Å². The molecule has 6 rings (SSSR count). The van der Waals surface area contributed by atoms with Crippen LogP contribution in [0, 0.1) is 0 Å². The lowest BCUT2D eigenvalue weighted by Crippen LogP contribution is -2.54. The fourth-order valence-corrected chi connectivity index (χ4v) is 7.87. The SMILES string of the molecule is CC(C)(C)OC(=O)NC1CCN(S(=O)(=O)c2cccc(OC3CN(Cc4ccc5c(c4)C(=O)N(C4CCC(=O)NC4=O)C5=O)C3)c2)CC1. The molecule has 4 heterocycles. The number of imide groups is 2. The summed E-state index contributed by atoms with van der Waals surface area (Å²) >= 11 is 0. The highest BCUT2D eigenvalue weighted by atomic mass is 32.2. The number of likely N-dealkylation sites (tertiary alicyclic amines) is 1. The van der Waals surface area contributed by atoms with Gasteiger partial charge in [-0.1, -0.05) is 12.1 Å². The van der Waals surface area contributed by atoms with Crippen molar-refractivity contribution in [2.45, 2.75) is 81.7 Å². The van der Waals surface area contributed by atoms with E-state index in [1.165, 1.54) is 10.4 Å². The summed E-state index contributed by atoms with van der Waals surface area (Å²) in [4.78, 5) is 65.3. The van der Waals surface area contributed by atoms with Gasteiger partial charge in [-0.15, -0.1) is 0 Å². The summed E-state index contributed by atoms with van der Waals surface area (Å²) < 4.78 is 39.6.